The van der Waals surface area contributed by atoms with Gasteiger partial charge in [-0.3, -0.25) is 0 Å². The first-order chi connectivity index (χ1) is 12.7. The van der Waals surface area contributed by atoms with E-state index in [-0.39, 0.29) is 17.2 Å². The van der Waals surface area contributed by atoms with Crippen molar-refractivity contribution in [2.45, 2.75) is 22.7 Å². The molecule has 1 heterocycles. The number of ether oxygens (including phenoxy) is 1. The van der Waals surface area contributed by atoms with Crippen molar-refractivity contribution in [1.29, 1.82) is 0 Å². The molecule has 0 amide bonds. The molecule has 0 unspecified atom stereocenters. The van der Waals surface area contributed by atoms with Gasteiger partial charge in [-0.15, -0.1) is 0 Å². The van der Waals surface area contributed by atoms with Crippen LogP contribution in [0.2, 0.25) is 0 Å². The summed E-state index contributed by atoms with van der Waals surface area (Å²) in [4.78, 5) is 0.0306. The van der Waals surface area contributed by atoms with Gasteiger partial charge in [0.2, 0.25) is 0 Å². The van der Waals surface area contributed by atoms with Crippen LogP contribution >= 0.6 is 0 Å². The zero-order valence-electron chi connectivity index (χ0n) is 14.6. The summed E-state index contributed by atoms with van der Waals surface area (Å²) in [6.07, 6.45) is 0. The third kappa shape index (κ3) is 4.31. The highest BCUT2D eigenvalue weighted by Crippen LogP contribution is 2.27. The number of methoxy groups -OCH3 is 1. The molecule has 1 aliphatic rings. The lowest BCUT2D eigenvalue weighted by molar-refractivity contribution is 0.414. The Hall–Kier alpha value is -1.97. The highest BCUT2D eigenvalue weighted by Gasteiger charge is 2.45. The van der Waals surface area contributed by atoms with E-state index in [9.17, 15) is 21.2 Å². The molecule has 0 radical (unpaired) electrons. The fraction of sp³-hybridized carbons (Fsp3) is 0.333. The van der Waals surface area contributed by atoms with Crippen molar-refractivity contribution < 1.29 is 26.0 Å². The SMILES string of the molecule is COc1ccc(S(=O)(=O)[C@H]2CS(=O)(=O)C[C@@H]2NCc2ccccc2F)cc1. The average Bonchev–Trinajstić information content (AvgIpc) is 2.96. The summed E-state index contributed by atoms with van der Waals surface area (Å²) in [5, 5.41) is 1.78. The van der Waals surface area contributed by atoms with Gasteiger partial charge in [-0.25, -0.2) is 21.2 Å². The molecule has 6 nitrogen and oxygen atoms in total. The molecular formula is C18H20FNO5S2. The van der Waals surface area contributed by atoms with Gasteiger partial charge < -0.3 is 10.1 Å². The molecule has 1 aliphatic heterocycles. The first kappa shape index (κ1) is 19.8. The minimum Gasteiger partial charge on any atom is -0.497 e. The summed E-state index contributed by atoms with van der Waals surface area (Å²) < 4.78 is 69.0. The van der Waals surface area contributed by atoms with E-state index >= 15 is 0 Å². The molecule has 2 atom stereocenters. The van der Waals surface area contributed by atoms with E-state index in [2.05, 4.69) is 5.32 Å². The number of benzene rings is 2. The number of nitrogens with one attached hydrogen (secondary N) is 1. The van der Waals surface area contributed by atoms with Gasteiger partial charge in [-0.05, 0) is 30.3 Å². The predicted molar refractivity (Wildman–Crippen MR) is 99.6 cm³/mol. The Morgan fingerprint density at radius 2 is 1.78 bits per heavy atom. The van der Waals surface area contributed by atoms with E-state index < -0.39 is 42.5 Å². The Kier molecular flexibility index (Phi) is 5.55. The zero-order chi connectivity index (χ0) is 19.7. The Morgan fingerprint density at radius 3 is 2.41 bits per heavy atom. The lowest BCUT2D eigenvalue weighted by Gasteiger charge is -2.20. The number of hydrogen-bond acceptors (Lipinski definition) is 6. The first-order valence-corrected chi connectivity index (χ1v) is 11.6. The summed E-state index contributed by atoms with van der Waals surface area (Å²) >= 11 is 0. The molecule has 0 aromatic heterocycles. The maximum Gasteiger partial charge on any atom is 0.183 e. The van der Waals surface area contributed by atoms with E-state index in [0.717, 1.165) is 0 Å². The lowest BCUT2D eigenvalue weighted by Crippen LogP contribution is -2.43. The van der Waals surface area contributed by atoms with Gasteiger partial charge in [-0.1, -0.05) is 18.2 Å². The first-order valence-electron chi connectivity index (χ1n) is 8.28. The van der Waals surface area contributed by atoms with Gasteiger partial charge in [0.05, 0.1) is 28.8 Å². The number of halogens is 1. The van der Waals surface area contributed by atoms with Crippen LogP contribution < -0.4 is 10.1 Å². The lowest BCUT2D eigenvalue weighted by atomic mass is 10.2. The average molecular weight is 413 g/mol. The molecule has 27 heavy (non-hydrogen) atoms. The van der Waals surface area contributed by atoms with Crippen LogP contribution in [0.5, 0.6) is 5.75 Å². The Bertz CT molecular complexity index is 1020. The van der Waals surface area contributed by atoms with Crippen molar-refractivity contribution in [2.75, 3.05) is 18.6 Å². The molecule has 146 valence electrons. The van der Waals surface area contributed by atoms with Crippen molar-refractivity contribution in [3.05, 3.63) is 59.9 Å². The summed E-state index contributed by atoms with van der Waals surface area (Å²) in [6.45, 7) is 0.0431. The summed E-state index contributed by atoms with van der Waals surface area (Å²) in [5.74, 6) is -0.694. The van der Waals surface area contributed by atoms with Crippen LogP contribution in [0.4, 0.5) is 4.39 Å². The quantitative estimate of drug-likeness (QED) is 0.773. The third-order valence-corrected chi connectivity index (χ3v) is 8.77. The molecule has 1 N–H and O–H groups in total. The van der Waals surface area contributed by atoms with E-state index in [1.807, 2.05) is 0 Å². The standard InChI is InChI=1S/C18H20FNO5S2/c1-25-14-6-8-15(9-7-14)27(23,24)18-12-26(21,22)11-17(18)20-10-13-4-2-3-5-16(13)19/h2-9,17-18,20H,10-12H2,1H3/t17-,18-/m0/s1. The van der Waals surface area contributed by atoms with E-state index in [1.165, 1.54) is 37.4 Å². The molecule has 9 heteroatoms. The number of hydrogen-bond donors (Lipinski definition) is 1. The van der Waals surface area contributed by atoms with Gasteiger partial charge in [0, 0.05) is 18.2 Å². The maximum atomic E-state index is 13.8. The van der Waals surface area contributed by atoms with Gasteiger partial charge in [0.1, 0.15) is 11.6 Å². The van der Waals surface area contributed by atoms with Gasteiger partial charge >= 0.3 is 0 Å². The fourth-order valence-electron chi connectivity index (χ4n) is 3.13. The number of rotatable bonds is 6. The van der Waals surface area contributed by atoms with Crippen LogP contribution in [-0.2, 0) is 26.2 Å². The van der Waals surface area contributed by atoms with Crippen molar-refractivity contribution in [3.8, 4) is 5.75 Å². The molecule has 2 aromatic rings. The predicted octanol–water partition coefficient (Wildman–Crippen LogP) is 1.56. The van der Waals surface area contributed by atoms with Crippen molar-refractivity contribution in [1.82, 2.24) is 5.32 Å². The Balaban J connectivity index is 1.85. The number of sulfone groups is 2. The fourth-order valence-corrected chi connectivity index (χ4v) is 7.85. The molecule has 2 aromatic carbocycles. The smallest absolute Gasteiger partial charge is 0.183 e. The third-order valence-electron chi connectivity index (χ3n) is 4.60. The van der Waals surface area contributed by atoms with Crippen LogP contribution in [0, 0.1) is 5.82 Å². The van der Waals surface area contributed by atoms with E-state index in [0.29, 0.717) is 11.3 Å². The summed E-state index contributed by atoms with van der Waals surface area (Å²) in [6, 6.07) is 11.1. The molecule has 0 aliphatic carbocycles. The Morgan fingerprint density at radius 1 is 1.11 bits per heavy atom. The molecule has 0 bridgehead atoms. The normalized spacial score (nSPS) is 21.9. The second kappa shape index (κ2) is 7.57. The van der Waals surface area contributed by atoms with Gasteiger partial charge in [0.25, 0.3) is 0 Å². The van der Waals surface area contributed by atoms with E-state index in [4.69, 9.17) is 4.74 Å². The molecule has 3 rings (SSSR count). The molecule has 0 spiro atoms. The van der Waals surface area contributed by atoms with Gasteiger partial charge in [0.15, 0.2) is 19.7 Å². The van der Waals surface area contributed by atoms with Crippen LogP contribution in [0.15, 0.2) is 53.4 Å². The summed E-state index contributed by atoms with van der Waals surface area (Å²) in [5.41, 5.74) is 0.349. The minimum atomic E-state index is -3.89. The largest absolute Gasteiger partial charge is 0.497 e. The van der Waals surface area contributed by atoms with E-state index in [1.54, 1.807) is 18.2 Å². The highest BCUT2D eigenvalue weighted by molar-refractivity contribution is 7.96. The topological polar surface area (TPSA) is 89.5 Å². The van der Waals surface area contributed by atoms with Crippen LogP contribution in [-0.4, -0.2) is 46.7 Å². The van der Waals surface area contributed by atoms with Crippen molar-refractivity contribution in [2.24, 2.45) is 0 Å². The second-order valence-electron chi connectivity index (χ2n) is 6.41. The van der Waals surface area contributed by atoms with Crippen LogP contribution in [0.1, 0.15) is 5.56 Å². The molecule has 1 saturated heterocycles. The minimum absolute atomic E-state index is 0.0306. The monoisotopic (exact) mass is 413 g/mol. The molecular weight excluding hydrogens is 393 g/mol. The molecule has 1 fully saturated rings. The van der Waals surface area contributed by atoms with Crippen molar-refractivity contribution >= 4 is 19.7 Å². The van der Waals surface area contributed by atoms with Crippen molar-refractivity contribution in [3.63, 3.8) is 0 Å². The van der Waals surface area contributed by atoms with Gasteiger partial charge in [-0.2, -0.15) is 0 Å². The highest BCUT2D eigenvalue weighted by atomic mass is 32.2. The molecule has 0 saturated carbocycles. The van der Waals surface area contributed by atoms with Crippen LogP contribution in [0.3, 0.4) is 0 Å². The Labute approximate surface area is 158 Å². The summed E-state index contributed by atoms with van der Waals surface area (Å²) in [7, 11) is -5.94. The zero-order valence-corrected chi connectivity index (χ0v) is 16.3. The second-order valence-corrected chi connectivity index (χ2v) is 10.7. The van der Waals surface area contributed by atoms with Crippen LogP contribution in [0.25, 0.3) is 0 Å². The maximum absolute atomic E-state index is 13.8.